The SMILES string of the molecule is COc1ccc([C@@H](C)NC(=O)CCN2C(=O)NC3(CCCCC3)C2=O)cc1F. The number of carbonyl (C=O) groups excluding carboxylic acids is 3. The minimum atomic E-state index is -0.778. The Morgan fingerprint density at radius 3 is 2.68 bits per heavy atom. The number of rotatable bonds is 6. The van der Waals surface area contributed by atoms with Crippen molar-refractivity contribution in [1.82, 2.24) is 15.5 Å². The van der Waals surface area contributed by atoms with Crippen LogP contribution in [-0.4, -0.2) is 41.9 Å². The molecule has 1 spiro atoms. The lowest BCUT2D eigenvalue weighted by molar-refractivity contribution is -0.132. The van der Waals surface area contributed by atoms with Crippen molar-refractivity contribution in [3.8, 4) is 5.75 Å². The predicted octanol–water partition coefficient (Wildman–Crippen LogP) is 2.66. The van der Waals surface area contributed by atoms with Crippen LogP contribution >= 0.6 is 0 Å². The van der Waals surface area contributed by atoms with E-state index in [4.69, 9.17) is 4.74 Å². The fraction of sp³-hybridized carbons (Fsp3) is 0.550. The zero-order chi connectivity index (χ0) is 20.3. The lowest BCUT2D eigenvalue weighted by Crippen LogP contribution is -2.48. The first-order chi connectivity index (χ1) is 13.4. The molecule has 1 aromatic rings. The van der Waals surface area contributed by atoms with Gasteiger partial charge < -0.3 is 15.4 Å². The van der Waals surface area contributed by atoms with Gasteiger partial charge in [-0.2, -0.15) is 0 Å². The first-order valence-corrected chi connectivity index (χ1v) is 9.63. The molecule has 2 fully saturated rings. The van der Waals surface area contributed by atoms with Gasteiger partial charge in [0, 0.05) is 13.0 Å². The summed E-state index contributed by atoms with van der Waals surface area (Å²) < 4.78 is 18.7. The van der Waals surface area contributed by atoms with Crippen LogP contribution < -0.4 is 15.4 Å². The third kappa shape index (κ3) is 3.95. The summed E-state index contributed by atoms with van der Waals surface area (Å²) in [6.45, 7) is 1.77. The zero-order valence-corrected chi connectivity index (χ0v) is 16.2. The quantitative estimate of drug-likeness (QED) is 0.730. The lowest BCUT2D eigenvalue weighted by atomic mass is 9.82. The number of hydrogen-bond donors (Lipinski definition) is 2. The molecule has 1 aliphatic carbocycles. The number of nitrogens with one attached hydrogen (secondary N) is 2. The summed E-state index contributed by atoms with van der Waals surface area (Å²) in [6, 6.07) is 3.65. The van der Waals surface area contributed by atoms with E-state index in [-0.39, 0.29) is 30.5 Å². The van der Waals surface area contributed by atoms with Crippen LogP contribution in [0.3, 0.4) is 0 Å². The monoisotopic (exact) mass is 391 g/mol. The van der Waals surface area contributed by atoms with Crippen LogP contribution in [0.2, 0.25) is 0 Å². The second-order valence-corrected chi connectivity index (χ2v) is 7.46. The van der Waals surface area contributed by atoms with Crippen molar-refractivity contribution in [3.05, 3.63) is 29.6 Å². The van der Waals surface area contributed by atoms with Crippen LogP contribution in [0, 0.1) is 5.82 Å². The summed E-state index contributed by atoms with van der Waals surface area (Å²) in [5.74, 6) is -0.903. The number of amides is 4. The van der Waals surface area contributed by atoms with Crippen molar-refractivity contribution in [1.29, 1.82) is 0 Å². The Morgan fingerprint density at radius 2 is 2.04 bits per heavy atom. The molecule has 1 heterocycles. The zero-order valence-electron chi connectivity index (χ0n) is 16.2. The van der Waals surface area contributed by atoms with Gasteiger partial charge in [0.2, 0.25) is 5.91 Å². The van der Waals surface area contributed by atoms with Gasteiger partial charge in [-0.05, 0) is 37.5 Å². The average molecular weight is 391 g/mol. The van der Waals surface area contributed by atoms with Gasteiger partial charge >= 0.3 is 6.03 Å². The van der Waals surface area contributed by atoms with Gasteiger partial charge in [0.15, 0.2) is 11.6 Å². The van der Waals surface area contributed by atoms with E-state index >= 15 is 0 Å². The minimum Gasteiger partial charge on any atom is -0.494 e. The van der Waals surface area contributed by atoms with E-state index in [1.807, 2.05) is 0 Å². The Bertz CT molecular complexity index is 777. The van der Waals surface area contributed by atoms with Crippen molar-refractivity contribution in [2.75, 3.05) is 13.7 Å². The summed E-state index contributed by atoms with van der Waals surface area (Å²) >= 11 is 0. The third-order valence-electron chi connectivity index (χ3n) is 5.57. The molecule has 28 heavy (non-hydrogen) atoms. The molecule has 2 N–H and O–H groups in total. The van der Waals surface area contributed by atoms with Crippen molar-refractivity contribution in [3.63, 3.8) is 0 Å². The first kappa shape index (κ1) is 20.1. The molecule has 1 saturated heterocycles. The van der Waals surface area contributed by atoms with Gasteiger partial charge in [-0.3, -0.25) is 14.5 Å². The number of methoxy groups -OCH3 is 1. The first-order valence-electron chi connectivity index (χ1n) is 9.63. The maximum Gasteiger partial charge on any atom is 0.325 e. The molecule has 0 unspecified atom stereocenters. The molecule has 0 radical (unpaired) electrons. The molecule has 4 amide bonds. The highest BCUT2D eigenvalue weighted by Gasteiger charge is 2.51. The van der Waals surface area contributed by atoms with Gasteiger partial charge in [-0.1, -0.05) is 25.3 Å². The number of nitrogens with zero attached hydrogens (tertiary/aromatic N) is 1. The normalized spacial score (nSPS) is 19.5. The van der Waals surface area contributed by atoms with Gasteiger partial charge in [0.25, 0.3) is 5.91 Å². The summed E-state index contributed by atoms with van der Waals surface area (Å²) in [6.07, 6.45) is 4.20. The largest absolute Gasteiger partial charge is 0.494 e. The molecular formula is C20H26FN3O4. The number of hydrogen-bond acceptors (Lipinski definition) is 4. The lowest BCUT2D eigenvalue weighted by Gasteiger charge is -2.30. The molecule has 0 bridgehead atoms. The van der Waals surface area contributed by atoms with Crippen LogP contribution in [0.25, 0.3) is 0 Å². The Kier molecular flexibility index (Phi) is 5.86. The summed E-state index contributed by atoms with van der Waals surface area (Å²) in [4.78, 5) is 38.3. The molecule has 8 heteroatoms. The Balaban J connectivity index is 1.54. The summed E-state index contributed by atoms with van der Waals surface area (Å²) in [5, 5.41) is 5.60. The smallest absolute Gasteiger partial charge is 0.325 e. The van der Waals surface area contributed by atoms with Crippen LogP contribution in [-0.2, 0) is 9.59 Å². The van der Waals surface area contributed by atoms with Crippen LogP contribution in [0.4, 0.5) is 9.18 Å². The fourth-order valence-corrected chi connectivity index (χ4v) is 3.94. The topological polar surface area (TPSA) is 87.7 Å². The van der Waals surface area contributed by atoms with Crippen LogP contribution in [0.5, 0.6) is 5.75 Å². The van der Waals surface area contributed by atoms with E-state index in [9.17, 15) is 18.8 Å². The Morgan fingerprint density at radius 1 is 1.32 bits per heavy atom. The van der Waals surface area contributed by atoms with Crippen molar-refractivity contribution < 1.29 is 23.5 Å². The molecule has 1 atom stereocenters. The second-order valence-electron chi connectivity index (χ2n) is 7.46. The van der Waals surface area contributed by atoms with Crippen molar-refractivity contribution >= 4 is 17.8 Å². The van der Waals surface area contributed by atoms with E-state index in [0.29, 0.717) is 18.4 Å². The number of urea groups is 1. The van der Waals surface area contributed by atoms with Crippen molar-refractivity contribution in [2.45, 2.75) is 57.0 Å². The maximum absolute atomic E-state index is 13.8. The molecular weight excluding hydrogens is 365 g/mol. The summed E-state index contributed by atoms with van der Waals surface area (Å²) in [7, 11) is 1.39. The summed E-state index contributed by atoms with van der Waals surface area (Å²) in [5.41, 5.74) is -0.178. The Hall–Kier alpha value is -2.64. The fourth-order valence-electron chi connectivity index (χ4n) is 3.94. The van der Waals surface area contributed by atoms with Gasteiger partial charge in [0.1, 0.15) is 5.54 Å². The minimum absolute atomic E-state index is 0.00177. The van der Waals surface area contributed by atoms with E-state index in [2.05, 4.69) is 10.6 Å². The number of benzene rings is 1. The molecule has 0 aromatic heterocycles. The van der Waals surface area contributed by atoms with Gasteiger partial charge in [-0.25, -0.2) is 9.18 Å². The third-order valence-corrected chi connectivity index (χ3v) is 5.57. The molecule has 1 aromatic carbocycles. The molecule has 152 valence electrons. The standard InChI is InChI=1S/C20H26FN3O4/c1-13(14-6-7-16(28-2)15(21)12-14)22-17(25)8-11-24-18(26)20(23-19(24)27)9-4-3-5-10-20/h6-7,12-13H,3-5,8-11H2,1-2H3,(H,22,25)(H,23,27)/t13-/m1/s1. The maximum atomic E-state index is 13.8. The van der Waals surface area contributed by atoms with E-state index in [1.165, 1.54) is 19.2 Å². The highest BCUT2D eigenvalue weighted by molar-refractivity contribution is 6.07. The molecule has 1 aliphatic heterocycles. The van der Waals surface area contributed by atoms with Crippen molar-refractivity contribution in [2.24, 2.45) is 0 Å². The average Bonchev–Trinajstić information content (AvgIpc) is 2.89. The van der Waals surface area contributed by atoms with E-state index in [1.54, 1.807) is 13.0 Å². The van der Waals surface area contributed by atoms with E-state index in [0.717, 1.165) is 24.2 Å². The number of imide groups is 1. The molecule has 3 rings (SSSR count). The number of halogens is 1. The van der Waals surface area contributed by atoms with E-state index < -0.39 is 23.4 Å². The van der Waals surface area contributed by atoms with Crippen LogP contribution in [0.15, 0.2) is 18.2 Å². The number of ether oxygens (including phenoxy) is 1. The van der Waals surface area contributed by atoms with Gasteiger partial charge in [-0.15, -0.1) is 0 Å². The highest BCUT2D eigenvalue weighted by Crippen LogP contribution is 2.33. The predicted molar refractivity (Wildman–Crippen MR) is 100 cm³/mol. The molecule has 1 saturated carbocycles. The molecule has 2 aliphatic rings. The van der Waals surface area contributed by atoms with Crippen LogP contribution in [0.1, 0.15) is 57.1 Å². The molecule has 7 nitrogen and oxygen atoms in total. The second kappa shape index (κ2) is 8.16. The number of carbonyl (C=O) groups is 3. The highest BCUT2D eigenvalue weighted by atomic mass is 19.1. The Labute approximate surface area is 163 Å². The van der Waals surface area contributed by atoms with Gasteiger partial charge in [0.05, 0.1) is 13.2 Å².